The number of imidazole rings is 1. The van der Waals surface area contributed by atoms with Gasteiger partial charge in [0.05, 0.1) is 25.2 Å². The second kappa shape index (κ2) is 7.12. The van der Waals surface area contributed by atoms with Crippen molar-refractivity contribution in [3.8, 4) is 0 Å². The molecule has 0 aliphatic heterocycles. The molecule has 0 unspecified atom stereocenters. The molecule has 1 heterocycles. The van der Waals surface area contributed by atoms with E-state index in [9.17, 15) is 8.78 Å². The average Bonchev–Trinajstić information content (AvgIpc) is 2.85. The van der Waals surface area contributed by atoms with Crippen LogP contribution in [0.5, 0.6) is 0 Å². The van der Waals surface area contributed by atoms with Crippen LogP contribution in [-0.4, -0.2) is 29.8 Å². The number of hydrogen-bond acceptors (Lipinski definition) is 3. The van der Waals surface area contributed by atoms with Crippen molar-refractivity contribution in [1.29, 1.82) is 0 Å². The van der Waals surface area contributed by atoms with Crippen LogP contribution >= 0.6 is 0 Å². The number of halogens is 2. The summed E-state index contributed by atoms with van der Waals surface area (Å²) in [6.45, 7) is 2.30. The smallest absolute Gasteiger partial charge is 0.131 e. The zero-order chi connectivity index (χ0) is 14.4. The number of benzene rings is 1. The monoisotopic (exact) mass is 281 g/mol. The van der Waals surface area contributed by atoms with E-state index in [0.717, 1.165) is 18.3 Å². The standard InChI is InChI=1S/C14H17F2N3O/c1-20-5-4-17-7-13-8-18-10-19(13)9-11-2-3-12(15)6-14(11)16/h2-3,6,8,10,17H,4-5,7,9H2,1H3. The van der Waals surface area contributed by atoms with Gasteiger partial charge in [0.25, 0.3) is 0 Å². The topological polar surface area (TPSA) is 39.1 Å². The molecule has 0 radical (unpaired) electrons. The first kappa shape index (κ1) is 14.6. The molecule has 2 aromatic rings. The third-order valence-corrected chi connectivity index (χ3v) is 2.94. The minimum absolute atomic E-state index is 0.327. The maximum atomic E-state index is 13.6. The van der Waals surface area contributed by atoms with Crippen LogP contribution in [0.4, 0.5) is 8.78 Å². The van der Waals surface area contributed by atoms with E-state index in [2.05, 4.69) is 10.3 Å². The van der Waals surface area contributed by atoms with Crippen molar-refractivity contribution in [2.75, 3.05) is 20.3 Å². The highest BCUT2D eigenvalue weighted by Gasteiger charge is 2.07. The van der Waals surface area contributed by atoms with Gasteiger partial charge in [-0.25, -0.2) is 13.8 Å². The first-order valence-electron chi connectivity index (χ1n) is 6.33. The lowest BCUT2D eigenvalue weighted by Crippen LogP contribution is -2.20. The van der Waals surface area contributed by atoms with E-state index in [4.69, 9.17) is 4.74 Å². The lowest BCUT2D eigenvalue weighted by Gasteiger charge is -2.10. The van der Waals surface area contributed by atoms with Crippen molar-refractivity contribution in [3.05, 3.63) is 53.6 Å². The van der Waals surface area contributed by atoms with Crippen LogP contribution in [0.1, 0.15) is 11.3 Å². The number of hydrogen-bond donors (Lipinski definition) is 1. The SMILES string of the molecule is COCCNCc1cncn1Cc1ccc(F)cc1F. The van der Waals surface area contributed by atoms with Gasteiger partial charge < -0.3 is 14.6 Å². The van der Waals surface area contributed by atoms with Crippen molar-refractivity contribution in [3.63, 3.8) is 0 Å². The summed E-state index contributed by atoms with van der Waals surface area (Å²) in [5.74, 6) is -1.12. The molecule has 0 atom stereocenters. The number of nitrogens with one attached hydrogen (secondary N) is 1. The van der Waals surface area contributed by atoms with Crippen LogP contribution in [0, 0.1) is 11.6 Å². The van der Waals surface area contributed by atoms with Gasteiger partial charge in [-0.3, -0.25) is 0 Å². The fourth-order valence-corrected chi connectivity index (χ4v) is 1.86. The van der Waals surface area contributed by atoms with Crippen LogP contribution in [0.2, 0.25) is 0 Å². The fraction of sp³-hybridized carbons (Fsp3) is 0.357. The first-order chi connectivity index (χ1) is 9.70. The Balaban J connectivity index is 2.01. The van der Waals surface area contributed by atoms with E-state index in [1.807, 2.05) is 4.57 Å². The molecule has 20 heavy (non-hydrogen) atoms. The third-order valence-electron chi connectivity index (χ3n) is 2.94. The Morgan fingerprint density at radius 3 is 2.95 bits per heavy atom. The van der Waals surface area contributed by atoms with E-state index in [1.54, 1.807) is 19.6 Å². The molecule has 1 aromatic heterocycles. The number of ether oxygens (including phenoxy) is 1. The summed E-state index contributed by atoms with van der Waals surface area (Å²) in [6, 6.07) is 3.60. The molecule has 0 amide bonds. The van der Waals surface area contributed by atoms with Gasteiger partial charge in [-0.1, -0.05) is 6.07 Å². The van der Waals surface area contributed by atoms with Gasteiger partial charge in [0.1, 0.15) is 11.6 Å². The molecular weight excluding hydrogens is 264 g/mol. The van der Waals surface area contributed by atoms with Gasteiger partial charge in [0, 0.05) is 38.0 Å². The third kappa shape index (κ3) is 3.85. The van der Waals surface area contributed by atoms with Gasteiger partial charge in [-0.2, -0.15) is 0 Å². The summed E-state index contributed by atoms with van der Waals surface area (Å²) in [5, 5.41) is 3.20. The largest absolute Gasteiger partial charge is 0.383 e. The highest BCUT2D eigenvalue weighted by atomic mass is 19.1. The number of methoxy groups -OCH3 is 1. The zero-order valence-electron chi connectivity index (χ0n) is 11.3. The van der Waals surface area contributed by atoms with Crippen molar-refractivity contribution in [1.82, 2.24) is 14.9 Å². The van der Waals surface area contributed by atoms with Crippen molar-refractivity contribution in [2.45, 2.75) is 13.1 Å². The zero-order valence-corrected chi connectivity index (χ0v) is 11.3. The molecule has 0 fully saturated rings. The van der Waals surface area contributed by atoms with Gasteiger partial charge in [-0.05, 0) is 6.07 Å². The van der Waals surface area contributed by atoms with Gasteiger partial charge in [-0.15, -0.1) is 0 Å². The molecule has 0 aliphatic rings. The van der Waals surface area contributed by atoms with Crippen molar-refractivity contribution >= 4 is 0 Å². The molecule has 0 saturated heterocycles. The fourth-order valence-electron chi connectivity index (χ4n) is 1.86. The Bertz CT molecular complexity index is 557. The Morgan fingerprint density at radius 1 is 1.35 bits per heavy atom. The molecule has 2 rings (SSSR count). The van der Waals surface area contributed by atoms with E-state index >= 15 is 0 Å². The molecule has 1 aromatic carbocycles. The predicted octanol–water partition coefficient (Wildman–Crippen LogP) is 1.95. The maximum Gasteiger partial charge on any atom is 0.131 e. The summed E-state index contributed by atoms with van der Waals surface area (Å²) in [5.41, 5.74) is 1.37. The molecule has 1 N–H and O–H groups in total. The van der Waals surface area contributed by atoms with Crippen LogP contribution in [0.25, 0.3) is 0 Å². The second-order valence-electron chi connectivity index (χ2n) is 4.42. The highest BCUT2D eigenvalue weighted by molar-refractivity contribution is 5.19. The summed E-state index contributed by atoms with van der Waals surface area (Å²) < 4.78 is 33.3. The Labute approximate surface area is 116 Å². The number of rotatable bonds is 7. The summed E-state index contributed by atoms with van der Waals surface area (Å²) in [4.78, 5) is 4.06. The van der Waals surface area contributed by atoms with Crippen molar-refractivity contribution < 1.29 is 13.5 Å². The molecule has 0 spiro atoms. The normalized spacial score (nSPS) is 10.9. The van der Waals surface area contributed by atoms with Gasteiger partial charge in [0.15, 0.2) is 0 Å². The highest BCUT2D eigenvalue weighted by Crippen LogP contribution is 2.12. The lowest BCUT2D eigenvalue weighted by atomic mass is 10.2. The lowest BCUT2D eigenvalue weighted by molar-refractivity contribution is 0.199. The Morgan fingerprint density at radius 2 is 2.20 bits per heavy atom. The predicted molar refractivity (Wildman–Crippen MR) is 71.3 cm³/mol. The Hall–Kier alpha value is -1.79. The van der Waals surface area contributed by atoms with Crippen LogP contribution in [0.3, 0.4) is 0 Å². The molecule has 108 valence electrons. The number of aromatic nitrogens is 2. The minimum Gasteiger partial charge on any atom is -0.383 e. The van der Waals surface area contributed by atoms with Crippen LogP contribution in [0.15, 0.2) is 30.7 Å². The Kier molecular flexibility index (Phi) is 5.20. The summed E-state index contributed by atoms with van der Waals surface area (Å²) in [6.07, 6.45) is 3.36. The van der Waals surface area contributed by atoms with E-state index in [-0.39, 0.29) is 0 Å². The quantitative estimate of drug-likeness (QED) is 0.788. The van der Waals surface area contributed by atoms with Gasteiger partial charge in [0.2, 0.25) is 0 Å². The minimum atomic E-state index is -0.571. The van der Waals surface area contributed by atoms with Crippen LogP contribution in [-0.2, 0) is 17.8 Å². The van der Waals surface area contributed by atoms with E-state index in [1.165, 1.54) is 12.1 Å². The van der Waals surface area contributed by atoms with E-state index < -0.39 is 11.6 Å². The average molecular weight is 281 g/mol. The van der Waals surface area contributed by atoms with Crippen LogP contribution < -0.4 is 5.32 Å². The van der Waals surface area contributed by atoms with E-state index in [0.29, 0.717) is 25.3 Å². The molecule has 0 saturated carbocycles. The molecule has 6 heteroatoms. The second-order valence-corrected chi connectivity index (χ2v) is 4.42. The van der Waals surface area contributed by atoms with Crippen molar-refractivity contribution in [2.24, 2.45) is 0 Å². The first-order valence-corrected chi connectivity index (χ1v) is 6.33. The molecule has 0 aliphatic carbocycles. The maximum absolute atomic E-state index is 13.6. The summed E-state index contributed by atoms with van der Waals surface area (Å²) in [7, 11) is 1.64. The molecule has 4 nitrogen and oxygen atoms in total. The number of nitrogens with zero attached hydrogens (tertiary/aromatic N) is 2. The summed E-state index contributed by atoms with van der Waals surface area (Å²) >= 11 is 0. The molecule has 0 bridgehead atoms. The van der Waals surface area contributed by atoms with Gasteiger partial charge >= 0.3 is 0 Å². The molecular formula is C14H17F2N3O.